The monoisotopic (exact) mass is 308 g/mol. The molecule has 4 nitrogen and oxygen atoms in total. The molecule has 0 fully saturated rings. The number of hydrogen-bond acceptors (Lipinski definition) is 4. The van der Waals surface area contributed by atoms with Gasteiger partial charge >= 0.3 is 0 Å². The third-order valence-corrected chi connectivity index (χ3v) is 5.05. The average molecular weight is 309 g/mol. The number of thioether (sulfide) groups is 1. The Hall–Kier alpha value is -0.430. The van der Waals surface area contributed by atoms with Gasteiger partial charge in [-0.3, -0.25) is 0 Å². The summed E-state index contributed by atoms with van der Waals surface area (Å²) in [6, 6.07) is 2.96. The van der Waals surface area contributed by atoms with Crippen molar-refractivity contribution in [1.82, 2.24) is 4.72 Å². The van der Waals surface area contributed by atoms with Gasteiger partial charge in [-0.25, -0.2) is 13.1 Å². The highest BCUT2D eigenvalue weighted by atomic mass is 35.5. The summed E-state index contributed by atoms with van der Waals surface area (Å²) < 4.78 is 26.6. The van der Waals surface area contributed by atoms with E-state index in [4.69, 9.17) is 17.3 Å². The molecule has 0 radical (unpaired) electrons. The number of nitrogen functional groups attached to an aromatic ring is 1. The second kappa shape index (κ2) is 6.65. The molecule has 0 aromatic heterocycles. The Morgan fingerprint density at radius 2 is 2.11 bits per heavy atom. The van der Waals surface area contributed by atoms with Gasteiger partial charge in [0.15, 0.2) is 0 Å². The molecule has 0 aliphatic rings. The second-order valence-corrected chi connectivity index (χ2v) is 7.01. The number of sulfonamides is 1. The summed E-state index contributed by atoms with van der Waals surface area (Å²) in [6.07, 6.45) is 2.76. The fourth-order valence-corrected chi connectivity index (χ4v) is 3.50. The van der Waals surface area contributed by atoms with Crippen LogP contribution in [0.5, 0.6) is 0 Å². The molecular formula is C11H17ClN2O2S2. The molecule has 0 atom stereocenters. The number of aryl methyl sites for hydroxylation is 1. The Labute approximate surface area is 117 Å². The minimum absolute atomic E-state index is 0.0384. The van der Waals surface area contributed by atoms with Gasteiger partial charge in [0, 0.05) is 12.2 Å². The second-order valence-electron chi connectivity index (χ2n) is 3.88. The van der Waals surface area contributed by atoms with Gasteiger partial charge in [0.05, 0.1) is 5.02 Å². The van der Waals surface area contributed by atoms with Gasteiger partial charge in [-0.2, -0.15) is 11.8 Å². The summed E-state index contributed by atoms with van der Waals surface area (Å²) in [7, 11) is -3.58. The van der Waals surface area contributed by atoms with Gasteiger partial charge < -0.3 is 5.73 Å². The molecule has 1 aromatic rings. The fourth-order valence-electron chi connectivity index (χ4n) is 1.38. The predicted molar refractivity (Wildman–Crippen MR) is 78.8 cm³/mol. The van der Waals surface area contributed by atoms with E-state index < -0.39 is 10.0 Å². The van der Waals surface area contributed by atoms with Gasteiger partial charge in [-0.15, -0.1) is 0 Å². The van der Waals surface area contributed by atoms with E-state index in [1.165, 1.54) is 6.07 Å². The van der Waals surface area contributed by atoms with Gasteiger partial charge in [0.1, 0.15) is 4.90 Å². The van der Waals surface area contributed by atoms with E-state index in [0.717, 1.165) is 17.7 Å². The quantitative estimate of drug-likeness (QED) is 0.624. The first kappa shape index (κ1) is 15.6. The van der Waals surface area contributed by atoms with E-state index in [1.807, 2.05) is 6.26 Å². The third kappa shape index (κ3) is 4.05. The zero-order valence-corrected chi connectivity index (χ0v) is 12.8. The average Bonchev–Trinajstić information content (AvgIpc) is 2.29. The number of anilines is 1. The summed E-state index contributed by atoms with van der Waals surface area (Å²) >= 11 is 7.62. The number of nitrogens with one attached hydrogen (secondary N) is 1. The molecule has 1 aromatic carbocycles. The Kier molecular flexibility index (Phi) is 5.78. The van der Waals surface area contributed by atoms with Gasteiger partial charge in [0.25, 0.3) is 0 Å². The van der Waals surface area contributed by atoms with Crippen LogP contribution >= 0.6 is 23.4 Å². The van der Waals surface area contributed by atoms with Crippen molar-refractivity contribution in [3.05, 3.63) is 22.7 Å². The van der Waals surface area contributed by atoms with Crippen molar-refractivity contribution in [3.8, 4) is 0 Å². The van der Waals surface area contributed by atoms with E-state index in [1.54, 1.807) is 24.8 Å². The maximum absolute atomic E-state index is 12.0. The number of nitrogens with two attached hydrogens (primary N) is 1. The smallest absolute Gasteiger partial charge is 0.242 e. The van der Waals surface area contributed by atoms with Crippen LogP contribution in [0.3, 0.4) is 0 Å². The van der Waals surface area contributed by atoms with Crippen LogP contribution in [-0.4, -0.2) is 27.0 Å². The molecule has 0 bridgehead atoms. The highest BCUT2D eigenvalue weighted by Gasteiger charge is 2.18. The molecule has 3 N–H and O–H groups in total. The lowest BCUT2D eigenvalue weighted by Crippen LogP contribution is -2.25. The molecule has 0 aliphatic carbocycles. The molecule has 0 heterocycles. The van der Waals surface area contributed by atoms with Crippen LogP contribution < -0.4 is 10.5 Å². The Morgan fingerprint density at radius 1 is 1.44 bits per heavy atom. The van der Waals surface area contributed by atoms with Crippen molar-refractivity contribution in [2.24, 2.45) is 0 Å². The van der Waals surface area contributed by atoms with Crippen molar-refractivity contribution in [2.45, 2.75) is 18.2 Å². The van der Waals surface area contributed by atoms with E-state index in [-0.39, 0.29) is 9.92 Å². The van der Waals surface area contributed by atoms with Gasteiger partial charge in [-0.05, 0) is 43.0 Å². The van der Waals surface area contributed by atoms with Crippen molar-refractivity contribution in [2.75, 3.05) is 24.3 Å². The van der Waals surface area contributed by atoms with Gasteiger partial charge in [-0.1, -0.05) is 11.6 Å². The van der Waals surface area contributed by atoms with Crippen LogP contribution in [-0.2, 0) is 10.0 Å². The van der Waals surface area contributed by atoms with E-state index in [9.17, 15) is 8.42 Å². The number of rotatable bonds is 6. The lowest BCUT2D eigenvalue weighted by atomic mass is 10.2. The van der Waals surface area contributed by atoms with Crippen LogP contribution in [0.2, 0.25) is 5.02 Å². The molecule has 0 unspecified atom stereocenters. The van der Waals surface area contributed by atoms with Crippen molar-refractivity contribution < 1.29 is 8.42 Å². The van der Waals surface area contributed by atoms with Crippen LogP contribution in [0.15, 0.2) is 17.0 Å². The zero-order valence-electron chi connectivity index (χ0n) is 10.4. The lowest BCUT2D eigenvalue weighted by Gasteiger charge is -2.10. The Balaban J connectivity index is 2.88. The summed E-state index contributed by atoms with van der Waals surface area (Å²) in [4.78, 5) is 0.0384. The van der Waals surface area contributed by atoms with Gasteiger partial charge in [0.2, 0.25) is 10.0 Å². The SMILES string of the molecule is CSCCCNS(=O)(=O)c1cc(N)c(C)cc1Cl. The lowest BCUT2D eigenvalue weighted by molar-refractivity contribution is 0.581. The first-order valence-electron chi connectivity index (χ1n) is 5.42. The predicted octanol–water partition coefficient (Wildman–Crippen LogP) is 2.26. The summed E-state index contributed by atoms with van der Waals surface area (Å²) in [5.74, 6) is 0.909. The van der Waals surface area contributed by atoms with Crippen LogP contribution in [0, 0.1) is 6.92 Å². The fraction of sp³-hybridized carbons (Fsp3) is 0.455. The maximum atomic E-state index is 12.0. The minimum atomic E-state index is -3.58. The standard InChI is InChI=1S/C11H17ClN2O2S2/c1-8-6-9(12)11(7-10(8)13)18(15,16)14-4-3-5-17-2/h6-7,14H,3-5,13H2,1-2H3. The molecular weight excluding hydrogens is 292 g/mol. The highest BCUT2D eigenvalue weighted by molar-refractivity contribution is 7.98. The molecule has 18 heavy (non-hydrogen) atoms. The summed E-state index contributed by atoms with van der Waals surface area (Å²) in [6.45, 7) is 2.18. The zero-order chi connectivity index (χ0) is 13.8. The third-order valence-electron chi connectivity index (χ3n) is 2.43. The highest BCUT2D eigenvalue weighted by Crippen LogP contribution is 2.26. The molecule has 7 heteroatoms. The molecule has 0 amide bonds. The maximum Gasteiger partial charge on any atom is 0.242 e. The van der Waals surface area contributed by atoms with Crippen LogP contribution in [0.25, 0.3) is 0 Å². The number of hydrogen-bond donors (Lipinski definition) is 2. The molecule has 0 saturated heterocycles. The number of halogens is 1. The van der Waals surface area contributed by atoms with Crippen molar-refractivity contribution in [1.29, 1.82) is 0 Å². The normalized spacial score (nSPS) is 11.7. The topological polar surface area (TPSA) is 72.2 Å². The molecule has 102 valence electrons. The minimum Gasteiger partial charge on any atom is -0.398 e. The molecule has 1 rings (SSSR count). The van der Waals surface area contributed by atoms with Crippen molar-refractivity contribution in [3.63, 3.8) is 0 Å². The largest absolute Gasteiger partial charge is 0.398 e. The Bertz CT molecular complexity index is 518. The molecule has 0 saturated carbocycles. The van der Waals surface area contributed by atoms with E-state index >= 15 is 0 Å². The molecule has 0 aliphatic heterocycles. The van der Waals surface area contributed by atoms with Crippen LogP contribution in [0.1, 0.15) is 12.0 Å². The molecule has 0 spiro atoms. The number of benzene rings is 1. The van der Waals surface area contributed by atoms with E-state index in [0.29, 0.717) is 12.2 Å². The summed E-state index contributed by atoms with van der Waals surface area (Å²) in [5.41, 5.74) is 6.89. The first-order valence-corrected chi connectivity index (χ1v) is 8.68. The summed E-state index contributed by atoms with van der Waals surface area (Å²) in [5, 5.41) is 0.194. The first-order chi connectivity index (χ1) is 8.38. The van der Waals surface area contributed by atoms with E-state index in [2.05, 4.69) is 4.72 Å². The Morgan fingerprint density at radius 3 is 2.72 bits per heavy atom. The van der Waals surface area contributed by atoms with Crippen molar-refractivity contribution >= 4 is 39.1 Å². The van der Waals surface area contributed by atoms with Crippen LogP contribution in [0.4, 0.5) is 5.69 Å².